The van der Waals surface area contributed by atoms with Crippen LogP contribution < -0.4 is 5.32 Å². The lowest BCUT2D eigenvalue weighted by Gasteiger charge is -2.10. The van der Waals surface area contributed by atoms with E-state index in [4.69, 9.17) is 5.26 Å². The largest absolute Gasteiger partial charge is 0.370 e. The number of hydrogen-bond donors (Lipinski definition) is 1. The first-order valence-electron chi connectivity index (χ1n) is 5.58. The Balaban J connectivity index is 2.27. The Labute approximate surface area is 101 Å². The molecule has 0 amide bonds. The predicted octanol–water partition coefficient (Wildman–Crippen LogP) is 2.23. The molecule has 0 aliphatic rings. The highest BCUT2D eigenvalue weighted by molar-refractivity contribution is 5.44. The Morgan fingerprint density at radius 2 is 2.29 bits per heavy atom. The van der Waals surface area contributed by atoms with Gasteiger partial charge in [0.25, 0.3) is 0 Å². The first-order chi connectivity index (χ1) is 8.35. The molecule has 4 heteroatoms. The minimum Gasteiger partial charge on any atom is -0.370 e. The highest BCUT2D eigenvalue weighted by Gasteiger charge is 2.05. The maximum Gasteiger partial charge on any atom is 0.130 e. The molecule has 0 atom stereocenters. The van der Waals surface area contributed by atoms with Crippen molar-refractivity contribution < 1.29 is 0 Å². The number of nitriles is 1. The molecule has 2 aromatic rings. The number of nitrogens with zero attached hydrogens (tertiary/aromatic N) is 3. The first-order valence-corrected chi connectivity index (χ1v) is 5.58. The average Bonchev–Trinajstić information content (AvgIpc) is 2.79. The van der Waals surface area contributed by atoms with Gasteiger partial charge in [0.05, 0.1) is 6.54 Å². The van der Waals surface area contributed by atoms with Crippen molar-refractivity contribution in [1.82, 2.24) is 9.55 Å². The van der Waals surface area contributed by atoms with Crippen LogP contribution in [0.3, 0.4) is 0 Å². The molecule has 0 saturated carbocycles. The highest BCUT2D eigenvalue weighted by Crippen LogP contribution is 2.14. The molecule has 2 rings (SSSR count). The number of pyridine rings is 1. The molecule has 0 aromatic carbocycles. The van der Waals surface area contributed by atoms with Crippen molar-refractivity contribution in [3.8, 4) is 6.07 Å². The summed E-state index contributed by atoms with van der Waals surface area (Å²) in [6.07, 6.45) is 3.67. The van der Waals surface area contributed by atoms with Crippen LogP contribution in [0, 0.1) is 11.3 Å². The van der Waals surface area contributed by atoms with Crippen LogP contribution in [0.25, 0.3) is 0 Å². The van der Waals surface area contributed by atoms with Crippen molar-refractivity contribution in [2.45, 2.75) is 13.5 Å². The minimum atomic E-state index is 0.659. The van der Waals surface area contributed by atoms with Crippen LogP contribution in [0.4, 0.5) is 5.82 Å². The number of hydrogen-bond acceptors (Lipinski definition) is 3. The molecule has 86 valence electrons. The third kappa shape index (κ3) is 2.45. The zero-order valence-corrected chi connectivity index (χ0v) is 9.72. The van der Waals surface area contributed by atoms with Crippen LogP contribution in [-0.4, -0.2) is 16.1 Å². The van der Waals surface area contributed by atoms with Crippen molar-refractivity contribution in [2.75, 3.05) is 11.9 Å². The van der Waals surface area contributed by atoms with Gasteiger partial charge in [-0.05, 0) is 25.1 Å². The minimum absolute atomic E-state index is 0.659. The van der Waals surface area contributed by atoms with Crippen molar-refractivity contribution in [1.29, 1.82) is 5.26 Å². The summed E-state index contributed by atoms with van der Waals surface area (Å²) in [7, 11) is 0. The van der Waals surface area contributed by atoms with Gasteiger partial charge in [0.15, 0.2) is 0 Å². The van der Waals surface area contributed by atoms with Gasteiger partial charge in [-0.3, -0.25) is 0 Å². The van der Waals surface area contributed by atoms with Gasteiger partial charge in [-0.1, -0.05) is 6.07 Å². The Kier molecular flexibility index (Phi) is 3.41. The van der Waals surface area contributed by atoms with E-state index in [0.29, 0.717) is 12.2 Å². The normalized spacial score (nSPS) is 9.88. The van der Waals surface area contributed by atoms with E-state index < -0.39 is 0 Å². The monoisotopic (exact) mass is 226 g/mol. The van der Waals surface area contributed by atoms with Gasteiger partial charge in [0.2, 0.25) is 0 Å². The Bertz CT molecular complexity index is 536. The second-order valence-electron chi connectivity index (χ2n) is 3.67. The lowest BCUT2D eigenvalue weighted by molar-refractivity contribution is 0.790. The van der Waals surface area contributed by atoms with Crippen LogP contribution >= 0.6 is 0 Å². The molecule has 0 radical (unpaired) electrons. The van der Waals surface area contributed by atoms with Gasteiger partial charge in [0, 0.05) is 24.5 Å². The molecule has 2 heterocycles. The van der Waals surface area contributed by atoms with E-state index in [-0.39, 0.29) is 0 Å². The first kappa shape index (κ1) is 11.2. The second kappa shape index (κ2) is 5.17. The summed E-state index contributed by atoms with van der Waals surface area (Å²) in [5.41, 5.74) is 1.75. The Hall–Kier alpha value is -2.28. The van der Waals surface area contributed by atoms with E-state index in [1.54, 1.807) is 6.20 Å². The zero-order valence-electron chi connectivity index (χ0n) is 9.72. The molecule has 4 nitrogen and oxygen atoms in total. The lowest BCUT2D eigenvalue weighted by atomic mass is 10.2. The molecular weight excluding hydrogens is 212 g/mol. The summed E-state index contributed by atoms with van der Waals surface area (Å²) in [6, 6.07) is 9.78. The highest BCUT2D eigenvalue weighted by atomic mass is 15.0. The van der Waals surface area contributed by atoms with E-state index in [1.807, 2.05) is 42.0 Å². The SMILES string of the molecule is CCNc1ncccc1Cn1cccc1C#N. The molecule has 1 N–H and O–H groups in total. The fourth-order valence-corrected chi connectivity index (χ4v) is 1.73. The van der Waals surface area contributed by atoms with Crippen LogP contribution in [0.1, 0.15) is 18.2 Å². The van der Waals surface area contributed by atoms with E-state index >= 15 is 0 Å². The van der Waals surface area contributed by atoms with Crippen molar-refractivity contribution >= 4 is 5.82 Å². The predicted molar refractivity (Wildman–Crippen MR) is 66.6 cm³/mol. The molecule has 0 aliphatic carbocycles. The van der Waals surface area contributed by atoms with E-state index in [9.17, 15) is 0 Å². The summed E-state index contributed by atoms with van der Waals surface area (Å²) in [4.78, 5) is 4.30. The number of aromatic nitrogens is 2. The number of rotatable bonds is 4. The number of anilines is 1. The molecule has 2 aromatic heterocycles. The van der Waals surface area contributed by atoms with Gasteiger partial charge in [-0.25, -0.2) is 4.98 Å². The third-order valence-electron chi connectivity index (χ3n) is 2.52. The zero-order chi connectivity index (χ0) is 12.1. The smallest absolute Gasteiger partial charge is 0.130 e. The van der Waals surface area contributed by atoms with Crippen molar-refractivity contribution in [2.24, 2.45) is 0 Å². The van der Waals surface area contributed by atoms with Gasteiger partial charge in [-0.15, -0.1) is 0 Å². The molecular formula is C13H14N4. The quantitative estimate of drug-likeness (QED) is 0.869. The molecule has 17 heavy (non-hydrogen) atoms. The molecule has 0 spiro atoms. The van der Waals surface area contributed by atoms with Gasteiger partial charge in [-0.2, -0.15) is 5.26 Å². The van der Waals surface area contributed by atoms with Gasteiger partial charge < -0.3 is 9.88 Å². The van der Waals surface area contributed by atoms with Crippen LogP contribution in [0.5, 0.6) is 0 Å². The Morgan fingerprint density at radius 1 is 1.41 bits per heavy atom. The van der Waals surface area contributed by atoms with Crippen molar-refractivity contribution in [3.05, 3.63) is 47.9 Å². The second-order valence-corrected chi connectivity index (χ2v) is 3.67. The number of nitrogens with one attached hydrogen (secondary N) is 1. The molecule has 0 bridgehead atoms. The van der Waals surface area contributed by atoms with Crippen LogP contribution in [0.2, 0.25) is 0 Å². The van der Waals surface area contributed by atoms with Crippen LogP contribution in [0.15, 0.2) is 36.7 Å². The van der Waals surface area contributed by atoms with E-state index in [2.05, 4.69) is 16.4 Å². The fourth-order valence-electron chi connectivity index (χ4n) is 1.73. The van der Waals surface area contributed by atoms with Crippen molar-refractivity contribution in [3.63, 3.8) is 0 Å². The fraction of sp³-hybridized carbons (Fsp3) is 0.231. The summed E-state index contributed by atoms with van der Waals surface area (Å²) in [5, 5.41) is 12.2. The lowest BCUT2D eigenvalue weighted by Crippen LogP contribution is -2.07. The van der Waals surface area contributed by atoms with E-state index in [0.717, 1.165) is 17.9 Å². The van der Waals surface area contributed by atoms with Crippen LogP contribution in [-0.2, 0) is 6.54 Å². The average molecular weight is 226 g/mol. The summed E-state index contributed by atoms with van der Waals surface area (Å²) >= 11 is 0. The maximum atomic E-state index is 8.96. The Morgan fingerprint density at radius 3 is 3.06 bits per heavy atom. The van der Waals surface area contributed by atoms with Gasteiger partial charge >= 0.3 is 0 Å². The third-order valence-corrected chi connectivity index (χ3v) is 2.52. The summed E-state index contributed by atoms with van der Waals surface area (Å²) in [6.45, 7) is 3.53. The standard InChI is InChI=1S/C13H14N4/c1-2-15-13-11(5-3-7-16-13)10-17-8-4-6-12(17)9-14/h3-8H,2,10H2,1H3,(H,15,16). The summed E-state index contributed by atoms with van der Waals surface area (Å²) < 4.78 is 1.91. The molecule has 0 saturated heterocycles. The molecule has 0 fully saturated rings. The van der Waals surface area contributed by atoms with E-state index in [1.165, 1.54) is 0 Å². The molecule has 0 aliphatic heterocycles. The summed E-state index contributed by atoms with van der Waals surface area (Å²) in [5.74, 6) is 0.882. The topological polar surface area (TPSA) is 53.6 Å². The maximum absolute atomic E-state index is 8.96. The molecule has 0 unspecified atom stereocenters. The van der Waals surface area contributed by atoms with Gasteiger partial charge in [0.1, 0.15) is 17.6 Å².